The van der Waals surface area contributed by atoms with Crippen LogP contribution >= 0.6 is 0 Å². The summed E-state index contributed by atoms with van der Waals surface area (Å²) < 4.78 is 184. The maximum atomic E-state index is 13.5. The Labute approximate surface area is 288 Å². The van der Waals surface area contributed by atoms with Gasteiger partial charge in [0.05, 0.1) is 50.7 Å². The average Bonchev–Trinajstić information content (AvgIpc) is 3.07. The van der Waals surface area contributed by atoms with E-state index in [4.69, 9.17) is 18.9 Å². The van der Waals surface area contributed by atoms with E-state index in [0.717, 1.165) is 0 Å². The minimum Gasteiger partial charge on any atom is -0.493 e. The van der Waals surface area contributed by atoms with Crippen molar-refractivity contribution in [3.05, 3.63) is 94.0 Å². The number of hydrogen-bond donors (Lipinski definition) is 2. The van der Waals surface area contributed by atoms with Crippen molar-refractivity contribution in [1.82, 2.24) is 0 Å². The molecule has 4 aromatic rings. The predicted octanol–water partition coefficient (Wildman–Crippen LogP) is 10.7. The first-order chi connectivity index (χ1) is 24.1. The smallest absolute Gasteiger partial charge is 0.416 e. The Morgan fingerprint density at radius 3 is 0.865 bits per heavy atom. The molecule has 4 rings (SSSR count). The molecule has 2 N–H and O–H groups in total. The van der Waals surface area contributed by atoms with Gasteiger partial charge in [-0.1, -0.05) is 0 Å². The molecular formula is C34H28F12N2O4. The summed E-state index contributed by atoms with van der Waals surface area (Å²) in [6, 6.07) is 7.54. The second-order valence-corrected chi connectivity index (χ2v) is 11.0. The highest BCUT2D eigenvalue weighted by molar-refractivity contribution is 5.90. The van der Waals surface area contributed by atoms with Crippen molar-refractivity contribution in [3.8, 4) is 34.1 Å². The van der Waals surface area contributed by atoms with Crippen LogP contribution in [-0.4, -0.2) is 28.4 Å². The topological polar surface area (TPSA) is 61.0 Å². The van der Waals surface area contributed by atoms with Gasteiger partial charge in [0.25, 0.3) is 0 Å². The van der Waals surface area contributed by atoms with Crippen molar-refractivity contribution in [2.24, 2.45) is 0 Å². The van der Waals surface area contributed by atoms with Crippen LogP contribution in [0.4, 0.5) is 64.1 Å². The van der Waals surface area contributed by atoms with E-state index in [2.05, 4.69) is 10.6 Å². The van der Waals surface area contributed by atoms with Crippen LogP contribution in [-0.2, 0) is 37.8 Å². The minimum atomic E-state index is -5.11. The molecule has 0 aliphatic rings. The highest BCUT2D eigenvalue weighted by Crippen LogP contribution is 2.46. The summed E-state index contributed by atoms with van der Waals surface area (Å²) in [6.45, 7) is -1.17. The first kappa shape index (κ1) is 39.6. The van der Waals surface area contributed by atoms with Gasteiger partial charge in [0, 0.05) is 47.7 Å². The zero-order chi connectivity index (χ0) is 38.8. The van der Waals surface area contributed by atoms with Crippen molar-refractivity contribution in [1.29, 1.82) is 0 Å². The van der Waals surface area contributed by atoms with E-state index in [1.807, 2.05) is 0 Å². The van der Waals surface area contributed by atoms with E-state index in [-0.39, 0.29) is 57.6 Å². The largest absolute Gasteiger partial charge is 0.493 e. The summed E-state index contributed by atoms with van der Waals surface area (Å²) >= 11 is 0. The fourth-order valence-corrected chi connectivity index (χ4v) is 5.13. The number of alkyl halides is 12. The van der Waals surface area contributed by atoms with Crippen LogP contribution in [0.15, 0.2) is 60.7 Å². The Bertz CT molecular complexity index is 1700. The highest BCUT2D eigenvalue weighted by atomic mass is 19.4. The van der Waals surface area contributed by atoms with Crippen molar-refractivity contribution >= 4 is 11.4 Å². The summed E-state index contributed by atoms with van der Waals surface area (Å²) in [7, 11) is 5.07. The lowest BCUT2D eigenvalue weighted by molar-refractivity contribution is -0.144. The lowest BCUT2D eigenvalue weighted by Crippen LogP contribution is -2.13. The lowest BCUT2D eigenvalue weighted by Gasteiger charge is -2.22. The molecule has 0 saturated carbocycles. The van der Waals surface area contributed by atoms with Crippen LogP contribution < -0.4 is 29.6 Å². The molecule has 0 bridgehead atoms. The number of rotatable bonds is 11. The number of nitrogens with one attached hydrogen (secondary N) is 2. The molecular weight excluding hydrogens is 728 g/mol. The fourth-order valence-electron chi connectivity index (χ4n) is 5.13. The van der Waals surface area contributed by atoms with Crippen LogP contribution in [0, 0.1) is 0 Å². The molecule has 0 aromatic heterocycles. The zero-order valence-electron chi connectivity index (χ0n) is 27.4. The number of halogens is 12. The van der Waals surface area contributed by atoms with Crippen LogP contribution in [0.3, 0.4) is 0 Å². The number of methoxy groups -OCH3 is 4. The van der Waals surface area contributed by atoms with E-state index in [1.165, 1.54) is 52.7 Å². The van der Waals surface area contributed by atoms with Gasteiger partial charge < -0.3 is 29.6 Å². The molecule has 52 heavy (non-hydrogen) atoms. The van der Waals surface area contributed by atoms with Crippen molar-refractivity contribution in [2.45, 2.75) is 37.8 Å². The van der Waals surface area contributed by atoms with Crippen LogP contribution in [0.5, 0.6) is 23.0 Å². The first-order valence-electron chi connectivity index (χ1n) is 14.7. The van der Waals surface area contributed by atoms with Crippen molar-refractivity contribution in [3.63, 3.8) is 0 Å². The maximum Gasteiger partial charge on any atom is 0.416 e. The molecule has 0 unspecified atom stereocenters. The standard InChI is InChI=1S/C34H28F12N2O4/c1-49-27-11-23(25(13-29(27)51-3)47-15-17-5-19(31(35,36)37)9-20(6-17)32(38,39)40)24-12-28(50-2)30(52-4)14-26(24)48-16-18-7-21(33(41,42)43)10-22(8-18)34(44,45)46/h5-14,47-48H,15-16H2,1-4H3. The van der Waals surface area contributed by atoms with Gasteiger partial charge in [-0.15, -0.1) is 0 Å². The summed E-state index contributed by atoms with van der Waals surface area (Å²) in [5, 5.41) is 5.61. The Kier molecular flexibility index (Phi) is 11.3. The Balaban J connectivity index is 1.87. The summed E-state index contributed by atoms with van der Waals surface area (Å²) in [6.07, 6.45) is -20.4. The SMILES string of the molecule is COc1cc(NCc2cc(C(F)(F)F)cc(C(F)(F)F)c2)c(-c2cc(OC)c(OC)cc2NCc2cc(C(F)(F)F)cc(C(F)(F)F)c2)cc1OC. The quantitative estimate of drug-likeness (QED) is 0.149. The highest BCUT2D eigenvalue weighted by Gasteiger charge is 2.38. The third-order valence-corrected chi connectivity index (χ3v) is 7.60. The molecule has 0 amide bonds. The van der Waals surface area contributed by atoms with Crippen LogP contribution in [0.1, 0.15) is 33.4 Å². The summed E-state index contributed by atoms with van der Waals surface area (Å²) in [4.78, 5) is 0. The van der Waals surface area contributed by atoms with E-state index in [0.29, 0.717) is 24.3 Å². The average molecular weight is 757 g/mol. The molecule has 0 atom stereocenters. The van der Waals surface area contributed by atoms with Gasteiger partial charge in [-0.05, 0) is 59.7 Å². The third-order valence-electron chi connectivity index (χ3n) is 7.60. The van der Waals surface area contributed by atoms with Gasteiger partial charge in [-0.3, -0.25) is 0 Å². The molecule has 0 aliphatic heterocycles. The fraction of sp³-hybridized carbons (Fsp3) is 0.294. The Morgan fingerprint density at radius 1 is 0.385 bits per heavy atom. The van der Waals surface area contributed by atoms with Gasteiger partial charge in [0.15, 0.2) is 23.0 Å². The Morgan fingerprint density at radius 2 is 0.635 bits per heavy atom. The molecule has 6 nitrogen and oxygen atoms in total. The summed E-state index contributed by atoms with van der Waals surface area (Å²) in [5.74, 6) is 0.338. The van der Waals surface area contributed by atoms with Crippen molar-refractivity contribution in [2.75, 3.05) is 39.1 Å². The number of benzene rings is 4. The predicted molar refractivity (Wildman–Crippen MR) is 166 cm³/mol. The second kappa shape index (κ2) is 14.8. The van der Waals surface area contributed by atoms with Gasteiger partial charge in [0.2, 0.25) is 0 Å². The van der Waals surface area contributed by atoms with E-state index >= 15 is 0 Å². The minimum absolute atomic E-state index is 0.0189. The summed E-state index contributed by atoms with van der Waals surface area (Å²) in [5.41, 5.74) is -6.58. The van der Waals surface area contributed by atoms with Gasteiger partial charge >= 0.3 is 24.7 Å². The van der Waals surface area contributed by atoms with Crippen molar-refractivity contribution < 1.29 is 71.6 Å². The molecule has 0 saturated heterocycles. The molecule has 282 valence electrons. The molecule has 0 heterocycles. The lowest BCUT2D eigenvalue weighted by atomic mass is 9.98. The maximum absolute atomic E-state index is 13.5. The van der Waals surface area contributed by atoms with E-state index in [1.54, 1.807) is 0 Å². The normalized spacial score (nSPS) is 12.4. The molecule has 0 fully saturated rings. The number of hydrogen-bond acceptors (Lipinski definition) is 6. The Hall–Kier alpha value is -5.16. The monoisotopic (exact) mass is 756 g/mol. The van der Waals surface area contributed by atoms with Gasteiger partial charge in [-0.2, -0.15) is 52.7 Å². The van der Waals surface area contributed by atoms with Gasteiger partial charge in [-0.25, -0.2) is 0 Å². The van der Waals surface area contributed by atoms with E-state index in [9.17, 15) is 52.7 Å². The molecule has 0 spiro atoms. The molecule has 18 heteroatoms. The van der Waals surface area contributed by atoms with Gasteiger partial charge in [0.1, 0.15) is 0 Å². The molecule has 0 aliphatic carbocycles. The zero-order valence-corrected chi connectivity index (χ0v) is 27.4. The first-order valence-corrected chi connectivity index (χ1v) is 14.7. The van der Waals surface area contributed by atoms with E-state index < -0.39 is 71.2 Å². The number of ether oxygens (including phenoxy) is 4. The molecule has 0 radical (unpaired) electrons. The number of anilines is 2. The van der Waals surface area contributed by atoms with Crippen LogP contribution in [0.25, 0.3) is 11.1 Å². The van der Waals surface area contributed by atoms with Crippen LogP contribution in [0.2, 0.25) is 0 Å². The molecule has 4 aromatic carbocycles. The second-order valence-electron chi connectivity index (χ2n) is 11.0. The third kappa shape index (κ3) is 9.19.